The van der Waals surface area contributed by atoms with E-state index in [4.69, 9.17) is 5.73 Å². The SMILES string of the molecule is Cc1ccc(N2CCNC(CN)C2)cc1. The van der Waals surface area contributed by atoms with Gasteiger partial charge < -0.3 is 16.0 Å². The number of aryl methyl sites for hydroxylation is 1. The van der Waals surface area contributed by atoms with Gasteiger partial charge in [-0.2, -0.15) is 0 Å². The predicted octanol–water partition coefficient (Wildman–Crippen LogP) is 0.732. The van der Waals surface area contributed by atoms with Crippen molar-refractivity contribution in [2.24, 2.45) is 5.73 Å². The number of nitrogens with one attached hydrogen (secondary N) is 1. The minimum Gasteiger partial charge on any atom is -0.369 e. The highest BCUT2D eigenvalue weighted by Crippen LogP contribution is 2.16. The largest absolute Gasteiger partial charge is 0.369 e. The van der Waals surface area contributed by atoms with E-state index in [0.717, 1.165) is 19.6 Å². The molecule has 0 aromatic heterocycles. The molecule has 1 aromatic carbocycles. The molecule has 1 aliphatic heterocycles. The molecule has 82 valence electrons. The van der Waals surface area contributed by atoms with Crippen molar-refractivity contribution in [1.82, 2.24) is 5.32 Å². The second kappa shape index (κ2) is 4.64. The number of nitrogens with two attached hydrogens (primary N) is 1. The van der Waals surface area contributed by atoms with Gasteiger partial charge in [0.15, 0.2) is 0 Å². The smallest absolute Gasteiger partial charge is 0.0367 e. The van der Waals surface area contributed by atoms with Crippen molar-refractivity contribution >= 4 is 5.69 Å². The first-order chi connectivity index (χ1) is 7.29. The molecule has 0 saturated carbocycles. The molecule has 0 bridgehead atoms. The Kier molecular flexibility index (Phi) is 3.23. The number of hydrogen-bond donors (Lipinski definition) is 2. The summed E-state index contributed by atoms with van der Waals surface area (Å²) in [5, 5.41) is 3.41. The van der Waals surface area contributed by atoms with E-state index in [1.165, 1.54) is 11.3 Å². The van der Waals surface area contributed by atoms with Crippen LogP contribution in [0.5, 0.6) is 0 Å². The molecule has 2 rings (SSSR count). The monoisotopic (exact) mass is 205 g/mol. The van der Waals surface area contributed by atoms with E-state index in [0.29, 0.717) is 12.6 Å². The molecule has 3 nitrogen and oxygen atoms in total. The number of rotatable bonds is 2. The average Bonchev–Trinajstić information content (AvgIpc) is 2.30. The van der Waals surface area contributed by atoms with Crippen LogP contribution in [0.2, 0.25) is 0 Å². The Morgan fingerprint density at radius 3 is 2.80 bits per heavy atom. The molecule has 0 spiro atoms. The van der Waals surface area contributed by atoms with E-state index < -0.39 is 0 Å². The van der Waals surface area contributed by atoms with Crippen LogP contribution in [0, 0.1) is 6.92 Å². The first-order valence-corrected chi connectivity index (χ1v) is 5.54. The molecule has 3 N–H and O–H groups in total. The Labute approximate surface area is 91.3 Å². The number of anilines is 1. The van der Waals surface area contributed by atoms with Crippen LogP contribution < -0.4 is 16.0 Å². The minimum absolute atomic E-state index is 0.431. The fraction of sp³-hybridized carbons (Fsp3) is 0.500. The minimum atomic E-state index is 0.431. The quantitative estimate of drug-likeness (QED) is 0.748. The Morgan fingerprint density at radius 2 is 2.13 bits per heavy atom. The molecule has 1 aliphatic rings. The molecule has 1 fully saturated rings. The molecule has 15 heavy (non-hydrogen) atoms. The Morgan fingerprint density at radius 1 is 1.40 bits per heavy atom. The maximum absolute atomic E-state index is 5.68. The van der Waals surface area contributed by atoms with Crippen LogP contribution >= 0.6 is 0 Å². The maximum Gasteiger partial charge on any atom is 0.0367 e. The van der Waals surface area contributed by atoms with Crippen molar-refractivity contribution in [2.75, 3.05) is 31.1 Å². The Balaban J connectivity index is 2.06. The third-order valence-corrected chi connectivity index (χ3v) is 2.94. The van der Waals surface area contributed by atoms with Crippen LogP contribution in [-0.2, 0) is 0 Å². The molecule has 1 heterocycles. The zero-order valence-corrected chi connectivity index (χ0v) is 9.24. The number of benzene rings is 1. The molecule has 3 heteroatoms. The molecule has 0 amide bonds. The van der Waals surface area contributed by atoms with Gasteiger partial charge in [0.25, 0.3) is 0 Å². The van der Waals surface area contributed by atoms with Crippen molar-refractivity contribution in [3.63, 3.8) is 0 Å². The molecule has 1 saturated heterocycles. The highest BCUT2D eigenvalue weighted by atomic mass is 15.2. The highest BCUT2D eigenvalue weighted by molar-refractivity contribution is 5.48. The lowest BCUT2D eigenvalue weighted by atomic mass is 10.1. The maximum atomic E-state index is 5.68. The van der Waals surface area contributed by atoms with Gasteiger partial charge in [-0.05, 0) is 19.1 Å². The fourth-order valence-corrected chi connectivity index (χ4v) is 1.97. The van der Waals surface area contributed by atoms with Gasteiger partial charge in [-0.3, -0.25) is 0 Å². The first kappa shape index (κ1) is 10.5. The number of piperazine rings is 1. The van der Waals surface area contributed by atoms with Gasteiger partial charge in [-0.1, -0.05) is 17.7 Å². The third kappa shape index (κ3) is 2.49. The van der Waals surface area contributed by atoms with E-state index in [2.05, 4.69) is 41.4 Å². The molecule has 0 radical (unpaired) electrons. The van der Waals surface area contributed by atoms with Crippen LogP contribution in [-0.4, -0.2) is 32.2 Å². The lowest BCUT2D eigenvalue weighted by Gasteiger charge is -2.34. The molecule has 0 aliphatic carbocycles. The van der Waals surface area contributed by atoms with E-state index in [-0.39, 0.29) is 0 Å². The van der Waals surface area contributed by atoms with Crippen molar-refractivity contribution in [3.8, 4) is 0 Å². The van der Waals surface area contributed by atoms with Gasteiger partial charge in [0.1, 0.15) is 0 Å². The van der Waals surface area contributed by atoms with Crippen LogP contribution in [0.25, 0.3) is 0 Å². The molecular weight excluding hydrogens is 186 g/mol. The lowest BCUT2D eigenvalue weighted by Crippen LogP contribution is -2.53. The first-order valence-electron chi connectivity index (χ1n) is 5.54. The third-order valence-electron chi connectivity index (χ3n) is 2.94. The summed E-state index contributed by atoms with van der Waals surface area (Å²) in [6, 6.07) is 9.13. The zero-order chi connectivity index (χ0) is 10.7. The summed E-state index contributed by atoms with van der Waals surface area (Å²) in [4.78, 5) is 2.40. The standard InChI is InChI=1S/C12H19N3/c1-10-2-4-12(5-3-10)15-7-6-14-11(8-13)9-15/h2-5,11,14H,6-9,13H2,1H3. The summed E-state index contributed by atoms with van der Waals surface area (Å²) in [6.45, 7) is 5.93. The normalized spacial score (nSPS) is 21.7. The summed E-state index contributed by atoms with van der Waals surface area (Å²) < 4.78 is 0. The summed E-state index contributed by atoms with van der Waals surface area (Å²) in [5.41, 5.74) is 8.29. The van der Waals surface area contributed by atoms with Gasteiger partial charge in [0, 0.05) is 37.9 Å². The number of hydrogen-bond acceptors (Lipinski definition) is 3. The van der Waals surface area contributed by atoms with Crippen LogP contribution in [0.3, 0.4) is 0 Å². The fourth-order valence-electron chi connectivity index (χ4n) is 1.97. The van der Waals surface area contributed by atoms with Gasteiger partial charge in [0.05, 0.1) is 0 Å². The lowest BCUT2D eigenvalue weighted by molar-refractivity contribution is 0.463. The summed E-state index contributed by atoms with van der Waals surface area (Å²) in [6.07, 6.45) is 0. The summed E-state index contributed by atoms with van der Waals surface area (Å²) in [7, 11) is 0. The summed E-state index contributed by atoms with van der Waals surface area (Å²) in [5.74, 6) is 0. The van der Waals surface area contributed by atoms with E-state index in [9.17, 15) is 0 Å². The van der Waals surface area contributed by atoms with Gasteiger partial charge in [0.2, 0.25) is 0 Å². The Bertz CT molecular complexity index is 307. The second-order valence-electron chi connectivity index (χ2n) is 4.17. The van der Waals surface area contributed by atoms with Gasteiger partial charge >= 0.3 is 0 Å². The molecule has 1 atom stereocenters. The van der Waals surface area contributed by atoms with Crippen LogP contribution in [0.1, 0.15) is 5.56 Å². The molecular formula is C12H19N3. The van der Waals surface area contributed by atoms with Gasteiger partial charge in [-0.25, -0.2) is 0 Å². The van der Waals surface area contributed by atoms with Crippen molar-refractivity contribution in [3.05, 3.63) is 29.8 Å². The molecule has 1 unspecified atom stereocenters. The summed E-state index contributed by atoms with van der Waals surface area (Å²) >= 11 is 0. The van der Waals surface area contributed by atoms with Crippen molar-refractivity contribution < 1.29 is 0 Å². The molecule has 1 aromatic rings. The number of nitrogens with zero attached hydrogens (tertiary/aromatic N) is 1. The van der Waals surface area contributed by atoms with E-state index >= 15 is 0 Å². The van der Waals surface area contributed by atoms with Crippen LogP contribution in [0.15, 0.2) is 24.3 Å². The topological polar surface area (TPSA) is 41.3 Å². The van der Waals surface area contributed by atoms with Crippen molar-refractivity contribution in [2.45, 2.75) is 13.0 Å². The average molecular weight is 205 g/mol. The van der Waals surface area contributed by atoms with Crippen molar-refractivity contribution in [1.29, 1.82) is 0 Å². The highest BCUT2D eigenvalue weighted by Gasteiger charge is 2.17. The Hall–Kier alpha value is -1.06. The van der Waals surface area contributed by atoms with Crippen LogP contribution in [0.4, 0.5) is 5.69 Å². The second-order valence-corrected chi connectivity index (χ2v) is 4.17. The zero-order valence-electron chi connectivity index (χ0n) is 9.24. The van der Waals surface area contributed by atoms with E-state index in [1.54, 1.807) is 0 Å². The van der Waals surface area contributed by atoms with Gasteiger partial charge in [-0.15, -0.1) is 0 Å². The predicted molar refractivity (Wildman–Crippen MR) is 64.2 cm³/mol. The van der Waals surface area contributed by atoms with E-state index in [1.807, 2.05) is 0 Å².